The Morgan fingerprint density at radius 3 is 2.83 bits per heavy atom. The molecule has 5 heteroatoms. The average molecular weight is 264 g/mol. The molecule has 0 aromatic carbocycles. The first kappa shape index (κ1) is 14.2. The zero-order chi connectivity index (χ0) is 13.5. The van der Waals surface area contributed by atoms with E-state index in [-0.39, 0.29) is 23.2 Å². The van der Waals surface area contributed by atoms with Crippen LogP contribution in [0.4, 0.5) is 5.69 Å². The third kappa shape index (κ3) is 3.29. The maximum absolute atomic E-state index is 12.0. The van der Waals surface area contributed by atoms with Crippen molar-refractivity contribution in [2.75, 3.05) is 5.32 Å². The maximum Gasteiger partial charge on any atom is 0.292 e. The summed E-state index contributed by atoms with van der Waals surface area (Å²) >= 11 is 5.96. The molecule has 0 aliphatic carbocycles. The summed E-state index contributed by atoms with van der Waals surface area (Å²) in [5.41, 5.74) is -0.0417. The normalized spacial score (nSPS) is 11.3. The van der Waals surface area contributed by atoms with Crippen LogP contribution in [0.25, 0.3) is 0 Å². The Morgan fingerprint density at radius 2 is 2.28 bits per heavy atom. The van der Waals surface area contributed by atoms with Crippen molar-refractivity contribution < 1.29 is 0 Å². The second kappa shape index (κ2) is 6.74. The second-order valence-electron chi connectivity index (χ2n) is 3.69. The van der Waals surface area contributed by atoms with E-state index in [1.807, 2.05) is 6.92 Å². The van der Waals surface area contributed by atoms with E-state index in [2.05, 4.69) is 22.3 Å². The van der Waals surface area contributed by atoms with E-state index in [0.29, 0.717) is 12.1 Å². The van der Waals surface area contributed by atoms with Gasteiger partial charge in [-0.25, -0.2) is 4.68 Å². The van der Waals surface area contributed by atoms with Crippen LogP contribution in [0.3, 0.4) is 0 Å². The lowest BCUT2D eigenvalue weighted by atomic mass is 10.1. The van der Waals surface area contributed by atoms with E-state index >= 15 is 0 Å². The number of terminal acetylenes is 2. The lowest BCUT2D eigenvalue weighted by molar-refractivity contribution is 0.655. The van der Waals surface area contributed by atoms with Crippen molar-refractivity contribution in [3.8, 4) is 24.7 Å². The number of aromatic nitrogens is 2. The minimum absolute atomic E-state index is 0.00175. The van der Waals surface area contributed by atoms with Crippen molar-refractivity contribution >= 4 is 17.3 Å². The first-order chi connectivity index (χ1) is 8.63. The molecule has 0 amide bonds. The fourth-order valence-corrected chi connectivity index (χ4v) is 1.62. The summed E-state index contributed by atoms with van der Waals surface area (Å²) in [6.07, 6.45) is 13.1. The van der Waals surface area contributed by atoms with Crippen LogP contribution in [0.2, 0.25) is 5.02 Å². The monoisotopic (exact) mass is 263 g/mol. The minimum atomic E-state index is -0.337. The Labute approximate surface area is 111 Å². The Balaban J connectivity index is 3.08. The Morgan fingerprint density at radius 1 is 1.56 bits per heavy atom. The Hall–Kier alpha value is -1.91. The molecule has 94 valence electrons. The van der Waals surface area contributed by atoms with Crippen LogP contribution in [-0.4, -0.2) is 15.8 Å². The summed E-state index contributed by atoms with van der Waals surface area (Å²) in [7, 11) is 0. The zero-order valence-electron chi connectivity index (χ0n) is 10.1. The van der Waals surface area contributed by atoms with Crippen LogP contribution in [0.15, 0.2) is 11.0 Å². The van der Waals surface area contributed by atoms with Gasteiger partial charge in [0.1, 0.15) is 12.2 Å². The first-order valence-electron chi connectivity index (χ1n) is 5.53. The van der Waals surface area contributed by atoms with Crippen LogP contribution in [0.5, 0.6) is 0 Å². The van der Waals surface area contributed by atoms with E-state index in [1.54, 1.807) is 0 Å². The van der Waals surface area contributed by atoms with Gasteiger partial charge in [-0.2, -0.15) is 5.10 Å². The highest BCUT2D eigenvalue weighted by Crippen LogP contribution is 2.17. The molecule has 1 unspecified atom stereocenters. The van der Waals surface area contributed by atoms with Gasteiger partial charge in [0.2, 0.25) is 0 Å². The van der Waals surface area contributed by atoms with Gasteiger partial charge < -0.3 is 5.32 Å². The number of hydrogen-bond donors (Lipinski definition) is 1. The molecule has 0 spiro atoms. The predicted octanol–water partition coefficient (Wildman–Crippen LogP) is 1.74. The number of rotatable bonds is 5. The van der Waals surface area contributed by atoms with Crippen LogP contribution in [-0.2, 0) is 6.54 Å². The average Bonchev–Trinajstić information content (AvgIpc) is 2.36. The molecule has 1 rings (SSSR count). The molecule has 0 radical (unpaired) electrons. The summed E-state index contributed by atoms with van der Waals surface area (Å²) in [6.45, 7) is 2.08. The lowest BCUT2D eigenvalue weighted by Gasteiger charge is -2.16. The number of halogens is 1. The third-order valence-corrected chi connectivity index (χ3v) is 2.73. The largest absolute Gasteiger partial charge is 0.376 e. The van der Waals surface area contributed by atoms with E-state index in [0.717, 1.165) is 6.42 Å². The van der Waals surface area contributed by atoms with Gasteiger partial charge >= 0.3 is 0 Å². The topological polar surface area (TPSA) is 46.9 Å². The molecular formula is C13H14ClN3O. The molecule has 4 nitrogen and oxygen atoms in total. The van der Waals surface area contributed by atoms with Gasteiger partial charge in [0.05, 0.1) is 11.2 Å². The van der Waals surface area contributed by atoms with Crippen molar-refractivity contribution in [1.82, 2.24) is 9.78 Å². The number of anilines is 1. The van der Waals surface area contributed by atoms with Gasteiger partial charge in [-0.1, -0.05) is 24.4 Å². The maximum atomic E-state index is 12.0. The molecular weight excluding hydrogens is 250 g/mol. The molecule has 0 saturated heterocycles. The smallest absolute Gasteiger partial charge is 0.292 e. The van der Waals surface area contributed by atoms with E-state index in [9.17, 15) is 4.79 Å². The lowest BCUT2D eigenvalue weighted by Crippen LogP contribution is -2.29. The summed E-state index contributed by atoms with van der Waals surface area (Å²) < 4.78 is 1.18. The van der Waals surface area contributed by atoms with Crippen LogP contribution < -0.4 is 10.9 Å². The highest BCUT2D eigenvalue weighted by Gasteiger charge is 2.13. The van der Waals surface area contributed by atoms with E-state index in [4.69, 9.17) is 24.4 Å². The first-order valence-corrected chi connectivity index (χ1v) is 5.90. The van der Waals surface area contributed by atoms with Gasteiger partial charge in [0.25, 0.3) is 5.56 Å². The van der Waals surface area contributed by atoms with Crippen molar-refractivity contribution in [3.63, 3.8) is 0 Å². The van der Waals surface area contributed by atoms with Gasteiger partial charge in [-0.15, -0.1) is 18.8 Å². The predicted molar refractivity (Wildman–Crippen MR) is 73.5 cm³/mol. The molecule has 0 aliphatic rings. The molecule has 1 aromatic rings. The van der Waals surface area contributed by atoms with Crippen molar-refractivity contribution in [1.29, 1.82) is 0 Å². The van der Waals surface area contributed by atoms with E-state index in [1.165, 1.54) is 10.9 Å². The molecule has 0 aliphatic heterocycles. The molecule has 1 atom stereocenters. The number of nitrogens with one attached hydrogen (secondary N) is 1. The fourth-order valence-electron chi connectivity index (χ4n) is 1.44. The third-order valence-electron chi connectivity index (χ3n) is 2.44. The molecule has 18 heavy (non-hydrogen) atoms. The van der Waals surface area contributed by atoms with Crippen molar-refractivity contribution in [2.45, 2.75) is 32.4 Å². The van der Waals surface area contributed by atoms with Gasteiger partial charge in [0.15, 0.2) is 0 Å². The summed E-state index contributed by atoms with van der Waals surface area (Å²) in [5, 5.41) is 7.17. The summed E-state index contributed by atoms with van der Waals surface area (Å²) in [4.78, 5) is 12.0. The minimum Gasteiger partial charge on any atom is -0.376 e. The van der Waals surface area contributed by atoms with E-state index < -0.39 is 0 Å². The summed E-state index contributed by atoms with van der Waals surface area (Å²) in [6, 6.07) is 0.00175. The zero-order valence-corrected chi connectivity index (χ0v) is 10.9. The van der Waals surface area contributed by atoms with Crippen LogP contribution >= 0.6 is 11.6 Å². The molecule has 0 saturated carbocycles. The highest BCUT2D eigenvalue weighted by atomic mass is 35.5. The molecule has 1 N–H and O–H groups in total. The van der Waals surface area contributed by atoms with Crippen LogP contribution in [0, 0.1) is 24.7 Å². The van der Waals surface area contributed by atoms with Crippen LogP contribution in [0.1, 0.15) is 19.8 Å². The number of nitrogens with zero attached hydrogens (tertiary/aromatic N) is 2. The van der Waals surface area contributed by atoms with Gasteiger partial charge in [0, 0.05) is 12.5 Å². The Bertz CT molecular complexity index is 551. The standard InChI is InChI=1S/C13H14ClN3O/c1-4-7-10(6-3)16-12-11(14)9-15-17(8-5-2)13(12)18/h1-2,9-10,16H,6-8H2,3H3. The molecule has 0 fully saturated rings. The SMILES string of the molecule is C#CCC(CC)Nc1c(Cl)cnn(CC#C)c1=O. The second-order valence-corrected chi connectivity index (χ2v) is 4.10. The quantitative estimate of drug-likeness (QED) is 0.824. The molecule has 1 heterocycles. The number of hydrogen-bond acceptors (Lipinski definition) is 3. The molecule has 1 aromatic heterocycles. The van der Waals surface area contributed by atoms with Gasteiger partial charge in [-0.05, 0) is 6.42 Å². The van der Waals surface area contributed by atoms with Gasteiger partial charge in [-0.3, -0.25) is 4.79 Å². The Kier molecular flexibility index (Phi) is 5.30. The van der Waals surface area contributed by atoms with Crippen molar-refractivity contribution in [2.24, 2.45) is 0 Å². The summed E-state index contributed by atoms with van der Waals surface area (Å²) in [5.74, 6) is 4.92. The highest BCUT2D eigenvalue weighted by molar-refractivity contribution is 6.33. The fraction of sp³-hybridized carbons (Fsp3) is 0.385. The van der Waals surface area contributed by atoms with Crippen molar-refractivity contribution in [3.05, 3.63) is 21.6 Å². The molecule has 0 bridgehead atoms.